The molecular formula is C21H22N2O2S2. The molecule has 2 N–H and O–H groups in total. The van der Waals surface area contributed by atoms with Gasteiger partial charge in [0.15, 0.2) is 0 Å². The highest BCUT2D eigenvalue weighted by Crippen LogP contribution is 2.45. The van der Waals surface area contributed by atoms with Gasteiger partial charge in [0.25, 0.3) is 5.91 Å². The largest absolute Gasteiger partial charge is 0.326 e. The lowest BCUT2D eigenvalue weighted by Gasteiger charge is -2.12. The molecule has 0 aromatic heterocycles. The Labute approximate surface area is 167 Å². The van der Waals surface area contributed by atoms with E-state index in [1.54, 1.807) is 0 Å². The Balaban J connectivity index is 1.44. The van der Waals surface area contributed by atoms with E-state index in [4.69, 9.17) is 0 Å². The number of hydrogen-bond donors (Lipinski definition) is 2. The lowest BCUT2D eigenvalue weighted by molar-refractivity contribution is -0.117. The van der Waals surface area contributed by atoms with Crippen LogP contribution in [0.15, 0.2) is 42.5 Å². The third-order valence-corrected chi connectivity index (χ3v) is 7.87. The van der Waals surface area contributed by atoms with Crippen LogP contribution >= 0.6 is 23.5 Å². The van der Waals surface area contributed by atoms with Crippen molar-refractivity contribution in [2.75, 3.05) is 22.1 Å². The maximum atomic E-state index is 12.6. The molecule has 1 aliphatic heterocycles. The van der Waals surface area contributed by atoms with E-state index in [0.29, 0.717) is 10.1 Å². The van der Waals surface area contributed by atoms with Crippen LogP contribution in [0, 0.1) is 12.8 Å². The summed E-state index contributed by atoms with van der Waals surface area (Å²) in [6.45, 7) is 1.94. The fourth-order valence-corrected chi connectivity index (χ4v) is 5.82. The van der Waals surface area contributed by atoms with Crippen molar-refractivity contribution < 1.29 is 9.59 Å². The Morgan fingerprint density at radius 2 is 1.67 bits per heavy atom. The summed E-state index contributed by atoms with van der Waals surface area (Å²) in [5.41, 5.74) is 4.31. The molecule has 4 rings (SSSR count). The van der Waals surface area contributed by atoms with Crippen LogP contribution in [0.3, 0.4) is 0 Å². The molecule has 6 heteroatoms. The molecule has 0 atom stereocenters. The van der Waals surface area contributed by atoms with Gasteiger partial charge in [-0.3, -0.25) is 9.59 Å². The summed E-state index contributed by atoms with van der Waals surface area (Å²) in [6, 6.07) is 13.5. The topological polar surface area (TPSA) is 58.2 Å². The summed E-state index contributed by atoms with van der Waals surface area (Å²) >= 11 is 3.91. The highest BCUT2D eigenvalue weighted by atomic mass is 32.2. The Morgan fingerprint density at radius 1 is 0.963 bits per heavy atom. The van der Waals surface area contributed by atoms with Gasteiger partial charge in [-0.1, -0.05) is 18.2 Å². The highest BCUT2D eigenvalue weighted by molar-refractivity contribution is 8.19. The van der Waals surface area contributed by atoms with E-state index in [9.17, 15) is 9.59 Å². The molecule has 140 valence electrons. The first-order valence-electron chi connectivity index (χ1n) is 9.16. The number of anilines is 2. The number of rotatable bonds is 5. The first-order valence-corrected chi connectivity index (χ1v) is 11.3. The van der Waals surface area contributed by atoms with Crippen LogP contribution in [0.2, 0.25) is 0 Å². The summed E-state index contributed by atoms with van der Waals surface area (Å²) in [7, 11) is 0. The van der Waals surface area contributed by atoms with Gasteiger partial charge in [-0.15, -0.1) is 23.5 Å². The molecule has 2 aromatic carbocycles. The molecule has 2 aromatic rings. The van der Waals surface area contributed by atoms with Crippen molar-refractivity contribution in [1.29, 1.82) is 0 Å². The van der Waals surface area contributed by atoms with Crippen LogP contribution in [-0.2, 0) is 4.79 Å². The van der Waals surface area contributed by atoms with E-state index in [-0.39, 0.29) is 17.7 Å². The number of carbonyl (C=O) groups is 2. The van der Waals surface area contributed by atoms with Gasteiger partial charge in [0.05, 0.1) is 4.58 Å². The maximum Gasteiger partial charge on any atom is 0.255 e. The van der Waals surface area contributed by atoms with E-state index in [1.807, 2.05) is 72.9 Å². The summed E-state index contributed by atoms with van der Waals surface area (Å²) in [5, 5.41) is 5.90. The highest BCUT2D eigenvalue weighted by Gasteiger charge is 2.29. The van der Waals surface area contributed by atoms with E-state index >= 15 is 0 Å². The predicted octanol–water partition coefficient (Wildman–Crippen LogP) is 5.07. The number of thioether (sulfide) groups is 2. The second kappa shape index (κ2) is 7.98. The fourth-order valence-electron chi connectivity index (χ4n) is 2.96. The number of aryl methyl sites for hydroxylation is 1. The predicted molar refractivity (Wildman–Crippen MR) is 115 cm³/mol. The molecule has 2 aliphatic rings. The number of carbonyl (C=O) groups excluding carboxylic acids is 2. The van der Waals surface area contributed by atoms with E-state index < -0.39 is 0 Å². The quantitative estimate of drug-likeness (QED) is 0.738. The molecule has 2 amide bonds. The molecule has 4 nitrogen and oxygen atoms in total. The van der Waals surface area contributed by atoms with E-state index in [1.165, 1.54) is 17.1 Å². The molecule has 0 bridgehead atoms. The minimum Gasteiger partial charge on any atom is -0.326 e. The van der Waals surface area contributed by atoms with Gasteiger partial charge in [-0.05, 0) is 55.2 Å². The molecule has 0 spiro atoms. The van der Waals surface area contributed by atoms with Crippen LogP contribution in [0.25, 0.3) is 0 Å². The molecule has 2 fully saturated rings. The third-order valence-electron chi connectivity index (χ3n) is 4.77. The molecule has 1 saturated carbocycles. The van der Waals surface area contributed by atoms with Crippen LogP contribution in [0.4, 0.5) is 11.4 Å². The van der Waals surface area contributed by atoms with Crippen molar-refractivity contribution in [3.8, 4) is 0 Å². The average Bonchev–Trinajstić information content (AvgIpc) is 3.39. The molecule has 1 saturated heterocycles. The van der Waals surface area contributed by atoms with Gasteiger partial charge in [-0.2, -0.15) is 0 Å². The van der Waals surface area contributed by atoms with Crippen LogP contribution in [0.1, 0.15) is 38.9 Å². The first-order chi connectivity index (χ1) is 13.1. The minimum absolute atomic E-state index is 0.0642. The standard InChI is InChI=1S/C21H22N2O2S2/c1-13-2-9-17(22-19(24)14-3-4-14)12-18(13)23-20(25)15-5-7-16(8-6-15)21-26-10-11-27-21/h2,5-9,12,14,21H,3-4,10-11H2,1H3,(H,22,24)(H,23,25). The summed E-state index contributed by atoms with van der Waals surface area (Å²) in [6.07, 6.45) is 1.93. The van der Waals surface area contributed by atoms with E-state index in [0.717, 1.165) is 29.8 Å². The molecule has 1 heterocycles. The third kappa shape index (κ3) is 4.50. The number of amides is 2. The molecule has 0 radical (unpaired) electrons. The van der Waals surface area contributed by atoms with Gasteiger partial charge in [0.1, 0.15) is 0 Å². The smallest absolute Gasteiger partial charge is 0.255 e. The van der Waals surface area contributed by atoms with Crippen molar-refractivity contribution >= 4 is 46.7 Å². The minimum atomic E-state index is -0.137. The van der Waals surface area contributed by atoms with Crippen LogP contribution < -0.4 is 10.6 Å². The second-order valence-corrected chi connectivity index (χ2v) is 9.67. The summed E-state index contributed by atoms with van der Waals surface area (Å²) in [4.78, 5) is 24.6. The molecule has 1 aliphatic carbocycles. The van der Waals surface area contributed by atoms with Gasteiger partial charge in [0.2, 0.25) is 5.91 Å². The van der Waals surface area contributed by atoms with Crippen LogP contribution in [0.5, 0.6) is 0 Å². The second-order valence-electron chi connectivity index (χ2n) is 6.94. The van der Waals surface area contributed by atoms with Crippen LogP contribution in [-0.4, -0.2) is 23.3 Å². The SMILES string of the molecule is Cc1ccc(NC(=O)C2CC2)cc1NC(=O)c1ccc(C2SCCS2)cc1. The lowest BCUT2D eigenvalue weighted by atomic mass is 10.1. The molecule has 27 heavy (non-hydrogen) atoms. The Morgan fingerprint density at radius 3 is 2.33 bits per heavy atom. The monoisotopic (exact) mass is 398 g/mol. The lowest BCUT2D eigenvalue weighted by Crippen LogP contribution is -2.15. The van der Waals surface area contributed by atoms with Crippen molar-refractivity contribution in [3.63, 3.8) is 0 Å². The van der Waals surface area contributed by atoms with Crippen molar-refractivity contribution in [1.82, 2.24) is 0 Å². The zero-order valence-corrected chi connectivity index (χ0v) is 16.8. The average molecular weight is 399 g/mol. The first kappa shape index (κ1) is 18.4. The summed E-state index contributed by atoms with van der Waals surface area (Å²) < 4.78 is 0.483. The van der Waals surface area contributed by atoms with Gasteiger partial charge >= 0.3 is 0 Å². The van der Waals surface area contributed by atoms with Gasteiger partial charge < -0.3 is 10.6 Å². The zero-order valence-electron chi connectivity index (χ0n) is 15.2. The number of nitrogens with one attached hydrogen (secondary N) is 2. The van der Waals surface area contributed by atoms with Gasteiger partial charge in [0, 0.05) is 34.4 Å². The van der Waals surface area contributed by atoms with Gasteiger partial charge in [-0.25, -0.2) is 0 Å². The van der Waals surface area contributed by atoms with Crippen molar-refractivity contribution in [3.05, 3.63) is 59.2 Å². The normalized spacial score (nSPS) is 16.9. The summed E-state index contributed by atoms with van der Waals surface area (Å²) in [5.74, 6) is 2.45. The molecule has 0 unspecified atom stereocenters. The number of hydrogen-bond acceptors (Lipinski definition) is 4. The zero-order chi connectivity index (χ0) is 18.8. The fraction of sp³-hybridized carbons (Fsp3) is 0.333. The van der Waals surface area contributed by atoms with E-state index in [2.05, 4.69) is 10.6 Å². The van der Waals surface area contributed by atoms with Crippen molar-refractivity contribution in [2.45, 2.75) is 24.3 Å². The maximum absolute atomic E-state index is 12.6. The Hall–Kier alpha value is -1.92. The molecular weight excluding hydrogens is 376 g/mol. The van der Waals surface area contributed by atoms with Crippen molar-refractivity contribution in [2.24, 2.45) is 5.92 Å². The Bertz CT molecular complexity index is 857. The Kier molecular flexibility index (Phi) is 5.45. The number of benzene rings is 2.